The first kappa shape index (κ1) is 39.6. The third kappa shape index (κ3) is 10.4. The lowest BCUT2D eigenvalue weighted by molar-refractivity contribution is -0.146. The van der Waals surface area contributed by atoms with Gasteiger partial charge in [0.2, 0.25) is 5.88 Å². The van der Waals surface area contributed by atoms with Gasteiger partial charge in [-0.2, -0.15) is 13.2 Å². The lowest BCUT2D eigenvalue weighted by Gasteiger charge is -2.18. The second-order valence-corrected chi connectivity index (χ2v) is 12.0. The second-order valence-electron chi connectivity index (χ2n) is 11.6. The SMILES string of the molecule is CC(Oc1ccc(Oc2ccc(C(F)(F)F)cn2)cc1)C(=O)O.CCCCCOC(=O)COc1cc(N2C(=O)C3=C(CCCC3)C2=O)c(F)cc1Cl. The fourth-order valence-corrected chi connectivity index (χ4v) is 5.25. The monoisotopic (exact) mass is 750 g/mol. The molecule has 0 spiro atoms. The van der Waals surface area contributed by atoms with Gasteiger partial charge in [-0.1, -0.05) is 31.4 Å². The number of hydrogen-bond acceptors (Lipinski definition) is 9. The van der Waals surface area contributed by atoms with E-state index < -0.39 is 54.0 Å². The highest BCUT2D eigenvalue weighted by molar-refractivity contribution is 6.34. The number of rotatable bonds is 13. The zero-order chi connectivity index (χ0) is 38.0. The molecule has 5 rings (SSSR count). The summed E-state index contributed by atoms with van der Waals surface area (Å²) in [6.45, 7) is 3.32. The molecule has 0 fully saturated rings. The van der Waals surface area contributed by atoms with Crippen LogP contribution in [0, 0.1) is 5.82 Å². The molecule has 11 nitrogen and oxygen atoms in total. The predicted octanol–water partition coefficient (Wildman–Crippen LogP) is 8.08. The summed E-state index contributed by atoms with van der Waals surface area (Å²) in [5.74, 6) is -2.84. The molecule has 0 saturated heterocycles. The molecule has 52 heavy (non-hydrogen) atoms. The van der Waals surface area contributed by atoms with Crippen molar-refractivity contribution in [3.05, 3.63) is 82.3 Å². The quantitative estimate of drug-likeness (QED) is 0.0789. The van der Waals surface area contributed by atoms with Gasteiger partial charge in [-0.05, 0) is 75.4 Å². The van der Waals surface area contributed by atoms with Crippen molar-refractivity contribution < 1.29 is 60.8 Å². The van der Waals surface area contributed by atoms with Crippen molar-refractivity contribution in [3.63, 3.8) is 0 Å². The normalized spacial score (nSPS) is 14.6. The molecule has 2 aromatic carbocycles. The number of benzene rings is 2. The van der Waals surface area contributed by atoms with Gasteiger partial charge in [0.05, 0.1) is 22.9 Å². The van der Waals surface area contributed by atoms with E-state index in [-0.39, 0.29) is 22.3 Å². The van der Waals surface area contributed by atoms with E-state index in [0.717, 1.165) is 55.2 Å². The molecule has 2 aliphatic rings. The van der Waals surface area contributed by atoms with Crippen LogP contribution in [0.15, 0.2) is 65.9 Å². The molecule has 278 valence electrons. The Hall–Kier alpha value is -5.18. The van der Waals surface area contributed by atoms with Crippen LogP contribution in [0.25, 0.3) is 0 Å². The Bertz CT molecular complexity index is 1770. The number of anilines is 1. The maximum Gasteiger partial charge on any atom is 0.417 e. The summed E-state index contributed by atoms with van der Waals surface area (Å²) in [4.78, 5) is 52.2. The van der Waals surface area contributed by atoms with Gasteiger partial charge in [-0.25, -0.2) is 23.9 Å². The summed E-state index contributed by atoms with van der Waals surface area (Å²) >= 11 is 6.02. The highest BCUT2D eigenvalue weighted by Crippen LogP contribution is 2.39. The Labute approximate surface area is 301 Å². The zero-order valence-electron chi connectivity index (χ0n) is 28.1. The minimum atomic E-state index is -4.45. The standard InChI is InChI=1S/C21H23ClFNO5.C15H12F3NO4/c1-2-3-6-9-28-19(25)12-29-18-11-17(16(23)10-15(18)22)24-20(26)13-7-4-5-8-14(13)21(24)27;1-9(14(20)21)22-11-3-5-12(6-4-11)23-13-7-2-10(8-19-13)15(16,17)18/h10-11H,2-9,12H2,1H3;2-9H,1H3,(H,20,21). The van der Waals surface area contributed by atoms with Crippen LogP contribution >= 0.6 is 11.6 Å². The number of aliphatic carboxylic acids is 1. The number of unbranched alkanes of at least 4 members (excludes halogenated alkanes) is 2. The van der Waals surface area contributed by atoms with Crippen LogP contribution in [0.1, 0.15) is 64.4 Å². The van der Waals surface area contributed by atoms with Gasteiger partial charge in [-0.3, -0.25) is 9.59 Å². The van der Waals surface area contributed by atoms with Gasteiger partial charge in [0.1, 0.15) is 23.1 Å². The number of halogens is 5. The van der Waals surface area contributed by atoms with E-state index >= 15 is 0 Å². The van der Waals surface area contributed by atoms with Gasteiger partial charge >= 0.3 is 18.1 Å². The zero-order valence-corrected chi connectivity index (χ0v) is 28.9. The molecule has 2 heterocycles. The first-order chi connectivity index (χ1) is 24.7. The molecule has 1 unspecified atom stereocenters. The van der Waals surface area contributed by atoms with Crippen molar-refractivity contribution in [2.75, 3.05) is 18.1 Å². The maximum absolute atomic E-state index is 14.5. The number of carboxylic acids is 1. The molecule has 2 amide bonds. The van der Waals surface area contributed by atoms with E-state index in [9.17, 15) is 36.7 Å². The first-order valence-corrected chi connectivity index (χ1v) is 16.7. The lowest BCUT2D eigenvalue weighted by atomic mass is 9.93. The number of pyridine rings is 1. The van der Waals surface area contributed by atoms with Crippen molar-refractivity contribution in [1.82, 2.24) is 4.98 Å². The van der Waals surface area contributed by atoms with Crippen molar-refractivity contribution in [2.24, 2.45) is 0 Å². The Morgan fingerprint density at radius 2 is 1.62 bits per heavy atom. The number of carboxylic acid groups (broad SMARTS) is 1. The van der Waals surface area contributed by atoms with Crippen LogP contribution in [-0.2, 0) is 30.1 Å². The number of carbonyl (C=O) groups excluding carboxylic acids is 3. The second kappa shape index (κ2) is 17.8. The fourth-order valence-electron chi connectivity index (χ4n) is 5.04. The van der Waals surface area contributed by atoms with E-state index in [1.54, 1.807) is 0 Å². The lowest BCUT2D eigenvalue weighted by Crippen LogP contribution is -2.32. The number of aromatic nitrogens is 1. The van der Waals surface area contributed by atoms with Gasteiger partial charge < -0.3 is 24.1 Å². The molecule has 0 radical (unpaired) electrons. The van der Waals surface area contributed by atoms with Crippen LogP contribution in [0.4, 0.5) is 23.2 Å². The number of amides is 2. The molecular weight excluding hydrogens is 716 g/mol. The average Bonchev–Trinajstić information content (AvgIpc) is 3.36. The van der Waals surface area contributed by atoms with Crippen LogP contribution in [-0.4, -0.2) is 53.2 Å². The highest BCUT2D eigenvalue weighted by Gasteiger charge is 2.41. The maximum atomic E-state index is 14.5. The molecule has 1 N–H and O–H groups in total. The Kier molecular flexibility index (Phi) is 13.6. The van der Waals surface area contributed by atoms with Crippen LogP contribution in [0.2, 0.25) is 5.02 Å². The van der Waals surface area contributed by atoms with Gasteiger partial charge in [0.15, 0.2) is 12.7 Å². The number of nitrogens with zero attached hydrogens (tertiary/aromatic N) is 2. The fraction of sp³-hybridized carbons (Fsp3) is 0.361. The van der Waals surface area contributed by atoms with Gasteiger partial charge in [0.25, 0.3) is 11.8 Å². The van der Waals surface area contributed by atoms with E-state index in [1.807, 2.05) is 6.92 Å². The Morgan fingerprint density at radius 3 is 2.17 bits per heavy atom. The number of hydrogen-bond donors (Lipinski definition) is 1. The van der Waals surface area contributed by atoms with Crippen molar-refractivity contribution in [3.8, 4) is 23.1 Å². The summed E-state index contributed by atoms with van der Waals surface area (Å²) in [6.07, 6.45) is 0.627. The van der Waals surface area contributed by atoms with Crippen LogP contribution in [0.5, 0.6) is 23.1 Å². The highest BCUT2D eigenvalue weighted by atomic mass is 35.5. The van der Waals surface area contributed by atoms with Crippen molar-refractivity contribution >= 4 is 41.0 Å². The average molecular weight is 751 g/mol. The third-order valence-electron chi connectivity index (χ3n) is 7.76. The number of imide groups is 1. The molecular formula is C36H35ClF4N2O9. The Morgan fingerprint density at radius 1 is 0.981 bits per heavy atom. The molecule has 16 heteroatoms. The molecule has 3 aromatic rings. The summed E-state index contributed by atoms with van der Waals surface area (Å²) in [6, 6.07) is 10.1. The summed E-state index contributed by atoms with van der Waals surface area (Å²) in [5.41, 5.74) is -0.191. The summed E-state index contributed by atoms with van der Waals surface area (Å²) < 4.78 is 72.7. The van der Waals surface area contributed by atoms with E-state index in [0.29, 0.717) is 48.3 Å². The summed E-state index contributed by atoms with van der Waals surface area (Å²) in [7, 11) is 0. The molecule has 1 aliphatic heterocycles. The molecule has 0 bridgehead atoms. The van der Waals surface area contributed by atoms with Crippen molar-refractivity contribution in [2.45, 2.75) is 71.1 Å². The molecule has 1 aliphatic carbocycles. The number of alkyl halides is 3. The van der Waals surface area contributed by atoms with Gasteiger partial charge in [0, 0.05) is 29.5 Å². The number of carbonyl (C=O) groups is 4. The first-order valence-electron chi connectivity index (χ1n) is 16.3. The van der Waals surface area contributed by atoms with E-state index in [1.165, 1.54) is 37.3 Å². The topological polar surface area (TPSA) is 142 Å². The number of esters is 1. The predicted molar refractivity (Wildman–Crippen MR) is 179 cm³/mol. The van der Waals surface area contributed by atoms with Crippen LogP contribution < -0.4 is 19.1 Å². The summed E-state index contributed by atoms with van der Waals surface area (Å²) in [5, 5.41) is 8.67. The largest absolute Gasteiger partial charge is 0.480 e. The molecule has 1 atom stereocenters. The third-order valence-corrected chi connectivity index (χ3v) is 8.05. The minimum Gasteiger partial charge on any atom is -0.480 e. The molecule has 0 saturated carbocycles. The smallest absolute Gasteiger partial charge is 0.417 e. The Balaban J connectivity index is 0.000000239. The van der Waals surface area contributed by atoms with Crippen LogP contribution in [0.3, 0.4) is 0 Å². The minimum absolute atomic E-state index is 0.000883. The van der Waals surface area contributed by atoms with Crippen molar-refractivity contribution in [1.29, 1.82) is 0 Å². The van der Waals surface area contributed by atoms with E-state index in [4.69, 9.17) is 35.7 Å². The molecule has 1 aromatic heterocycles. The van der Waals surface area contributed by atoms with Gasteiger partial charge in [-0.15, -0.1) is 0 Å². The number of ether oxygens (including phenoxy) is 4. The van der Waals surface area contributed by atoms with E-state index in [2.05, 4.69) is 4.98 Å².